The Kier molecular flexibility index (Phi) is 5.15. The molecule has 6 heteroatoms. The highest BCUT2D eigenvalue weighted by Gasteiger charge is 2.47. The molecule has 1 fully saturated rings. The fraction of sp³-hybridized carbons (Fsp3) is 0.444. The Bertz CT molecular complexity index is 725. The summed E-state index contributed by atoms with van der Waals surface area (Å²) in [7, 11) is 1.59. The smallest absolute Gasteiger partial charge is 0.224 e. The van der Waals surface area contributed by atoms with Gasteiger partial charge in [0.1, 0.15) is 0 Å². The van der Waals surface area contributed by atoms with Crippen molar-refractivity contribution >= 4 is 22.7 Å². The van der Waals surface area contributed by atoms with Crippen LogP contribution in [0.2, 0.25) is 0 Å². The first-order valence-corrected chi connectivity index (χ1v) is 8.30. The number of hydrogen-bond acceptors (Lipinski definition) is 3. The molecule has 0 radical (unpaired) electrons. The number of carbonyl (C=O) groups excluding carboxylic acids is 2. The zero-order chi connectivity index (χ0) is 16.9. The van der Waals surface area contributed by atoms with Gasteiger partial charge < -0.3 is 20.4 Å². The van der Waals surface area contributed by atoms with Crippen LogP contribution in [0, 0.1) is 11.8 Å². The number of methoxy groups -OCH3 is 1. The third-order valence-corrected chi connectivity index (χ3v) is 4.44. The molecule has 6 nitrogen and oxygen atoms in total. The minimum atomic E-state index is -0.185. The molecule has 1 aromatic heterocycles. The van der Waals surface area contributed by atoms with Crippen molar-refractivity contribution < 1.29 is 14.3 Å². The number of aromatic nitrogens is 1. The Morgan fingerprint density at radius 3 is 2.62 bits per heavy atom. The van der Waals surface area contributed by atoms with Gasteiger partial charge in [-0.1, -0.05) is 18.2 Å². The minimum absolute atomic E-state index is 0.0262. The molecule has 128 valence electrons. The summed E-state index contributed by atoms with van der Waals surface area (Å²) in [4.78, 5) is 27.2. The number of aromatic amines is 1. The van der Waals surface area contributed by atoms with Crippen LogP contribution in [0.25, 0.3) is 10.9 Å². The fourth-order valence-electron chi connectivity index (χ4n) is 2.97. The average molecular weight is 329 g/mol. The maximum absolute atomic E-state index is 12.1. The van der Waals surface area contributed by atoms with E-state index >= 15 is 0 Å². The molecule has 1 aliphatic carbocycles. The number of nitrogens with one attached hydrogen (secondary N) is 3. The summed E-state index contributed by atoms with van der Waals surface area (Å²) in [6.45, 7) is 1.55. The maximum Gasteiger partial charge on any atom is 0.224 e. The molecule has 1 aliphatic rings. The molecule has 0 bridgehead atoms. The first kappa shape index (κ1) is 16.5. The third-order valence-electron chi connectivity index (χ3n) is 4.44. The van der Waals surface area contributed by atoms with Crippen molar-refractivity contribution in [1.82, 2.24) is 15.6 Å². The van der Waals surface area contributed by atoms with Gasteiger partial charge in [0, 0.05) is 37.3 Å². The van der Waals surface area contributed by atoms with E-state index in [1.54, 1.807) is 7.11 Å². The number of ether oxygens (including phenoxy) is 1. The van der Waals surface area contributed by atoms with Gasteiger partial charge in [0.25, 0.3) is 0 Å². The molecule has 1 saturated carbocycles. The summed E-state index contributed by atoms with van der Waals surface area (Å²) >= 11 is 0. The number of benzene rings is 1. The maximum atomic E-state index is 12.1. The van der Waals surface area contributed by atoms with Crippen molar-refractivity contribution in [1.29, 1.82) is 0 Å². The second-order valence-electron chi connectivity index (χ2n) is 6.13. The molecule has 1 aromatic carbocycles. The summed E-state index contributed by atoms with van der Waals surface area (Å²) in [6, 6.07) is 8.11. The largest absolute Gasteiger partial charge is 0.383 e. The van der Waals surface area contributed by atoms with Crippen LogP contribution < -0.4 is 10.6 Å². The number of amides is 2. The minimum Gasteiger partial charge on any atom is -0.383 e. The molecule has 2 amide bonds. The van der Waals surface area contributed by atoms with Crippen molar-refractivity contribution in [2.45, 2.75) is 12.8 Å². The van der Waals surface area contributed by atoms with Crippen molar-refractivity contribution in [2.24, 2.45) is 11.8 Å². The van der Waals surface area contributed by atoms with Crippen LogP contribution in [0.5, 0.6) is 0 Å². The molecular formula is C18H23N3O3. The van der Waals surface area contributed by atoms with Gasteiger partial charge >= 0.3 is 0 Å². The molecule has 0 aliphatic heterocycles. The lowest BCUT2D eigenvalue weighted by Gasteiger charge is -2.06. The lowest BCUT2D eigenvalue weighted by Crippen LogP contribution is -2.32. The Morgan fingerprint density at radius 1 is 1.17 bits per heavy atom. The normalized spacial score (nSPS) is 19.2. The van der Waals surface area contributed by atoms with Crippen LogP contribution in [0.15, 0.2) is 30.5 Å². The van der Waals surface area contributed by atoms with E-state index in [1.807, 2.05) is 24.4 Å². The van der Waals surface area contributed by atoms with Crippen LogP contribution >= 0.6 is 0 Å². The van der Waals surface area contributed by atoms with E-state index in [1.165, 1.54) is 10.9 Å². The van der Waals surface area contributed by atoms with Gasteiger partial charge in [-0.05, 0) is 24.5 Å². The van der Waals surface area contributed by atoms with E-state index < -0.39 is 0 Å². The second-order valence-corrected chi connectivity index (χ2v) is 6.13. The Hall–Kier alpha value is -2.34. The topological polar surface area (TPSA) is 83.2 Å². The van der Waals surface area contributed by atoms with Gasteiger partial charge in [0.2, 0.25) is 11.8 Å². The fourth-order valence-corrected chi connectivity index (χ4v) is 2.97. The third kappa shape index (κ3) is 3.76. The molecule has 24 heavy (non-hydrogen) atoms. The van der Waals surface area contributed by atoms with E-state index in [0.29, 0.717) is 26.1 Å². The quantitative estimate of drug-likeness (QED) is 0.637. The summed E-state index contributed by atoms with van der Waals surface area (Å²) in [6.07, 6.45) is 3.39. The molecule has 2 atom stereocenters. The lowest BCUT2D eigenvalue weighted by atomic mass is 10.1. The highest BCUT2D eigenvalue weighted by molar-refractivity contribution is 5.92. The van der Waals surface area contributed by atoms with Gasteiger partial charge in [-0.3, -0.25) is 9.59 Å². The number of hydrogen-bond donors (Lipinski definition) is 3. The Balaban J connectivity index is 1.41. The highest BCUT2D eigenvalue weighted by atomic mass is 16.5. The lowest BCUT2D eigenvalue weighted by molar-refractivity contribution is -0.127. The number of H-pyrrole nitrogens is 1. The predicted octanol–water partition coefficient (Wildman–Crippen LogP) is 1.23. The molecule has 3 N–H and O–H groups in total. The Morgan fingerprint density at radius 2 is 1.88 bits per heavy atom. The van der Waals surface area contributed by atoms with E-state index in [9.17, 15) is 9.59 Å². The number of para-hydroxylation sites is 1. The zero-order valence-corrected chi connectivity index (χ0v) is 13.8. The van der Waals surface area contributed by atoms with Crippen LogP contribution in [0.4, 0.5) is 0 Å². The first-order chi connectivity index (χ1) is 11.7. The van der Waals surface area contributed by atoms with Gasteiger partial charge in [0.05, 0.1) is 18.4 Å². The molecule has 0 spiro atoms. The SMILES string of the molecule is COCCNC(=O)C1CC1C(=O)NCCc1c[nH]c2ccccc12. The standard InChI is InChI=1S/C18H23N3O3/c1-24-9-8-20-18(23)15-10-14(15)17(22)19-7-6-12-11-21-16-5-3-2-4-13(12)16/h2-5,11,14-15,21H,6-10H2,1H3,(H,19,22)(H,20,23). The molecule has 2 unspecified atom stereocenters. The summed E-state index contributed by atoms with van der Waals surface area (Å²) < 4.78 is 4.89. The van der Waals surface area contributed by atoms with Crippen molar-refractivity contribution in [3.63, 3.8) is 0 Å². The molecular weight excluding hydrogens is 306 g/mol. The molecule has 0 saturated heterocycles. The number of fused-ring (bicyclic) bond motifs is 1. The highest BCUT2D eigenvalue weighted by Crippen LogP contribution is 2.38. The average Bonchev–Trinajstić information content (AvgIpc) is 3.30. The van der Waals surface area contributed by atoms with Gasteiger partial charge in [0.15, 0.2) is 0 Å². The zero-order valence-electron chi connectivity index (χ0n) is 13.8. The van der Waals surface area contributed by atoms with E-state index in [0.717, 1.165) is 11.9 Å². The van der Waals surface area contributed by atoms with Crippen molar-refractivity contribution in [3.8, 4) is 0 Å². The molecule has 2 aromatic rings. The summed E-state index contributed by atoms with van der Waals surface area (Å²) in [5.74, 6) is -0.448. The van der Waals surface area contributed by atoms with Crippen LogP contribution in [0.1, 0.15) is 12.0 Å². The monoisotopic (exact) mass is 329 g/mol. The van der Waals surface area contributed by atoms with Crippen molar-refractivity contribution in [2.75, 3.05) is 26.8 Å². The van der Waals surface area contributed by atoms with E-state index in [-0.39, 0.29) is 23.7 Å². The second kappa shape index (κ2) is 7.49. The number of carbonyl (C=O) groups is 2. The van der Waals surface area contributed by atoms with Gasteiger partial charge in [-0.15, -0.1) is 0 Å². The van der Waals surface area contributed by atoms with Gasteiger partial charge in [-0.25, -0.2) is 0 Å². The predicted molar refractivity (Wildman–Crippen MR) is 91.5 cm³/mol. The first-order valence-electron chi connectivity index (χ1n) is 8.30. The summed E-state index contributed by atoms with van der Waals surface area (Å²) in [5, 5.41) is 6.91. The van der Waals surface area contributed by atoms with E-state index in [2.05, 4.69) is 21.7 Å². The van der Waals surface area contributed by atoms with Crippen molar-refractivity contribution in [3.05, 3.63) is 36.0 Å². The number of rotatable bonds is 8. The van der Waals surface area contributed by atoms with Crippen LogP contribution in [-0.2, 0) is 20.7 Å². The Labute approximate surface area is 141 Å². The molecule has 3 rings (SSSR count). The van der Waals surface area contributed by atoms with Crippen LogP contribution in [0.3, 0.4) is 0 Å². The summed E-state index contributed by atoms with van der Waals surface area (Å²) in [5.41, 5.74) is 2.30. The van der Waals surface area contributed by atoms with E-state index in [4.69, 9.17) is 4.74 Å². The van der Waals surface area contributed by atoms with Gasteiger partial charge in [-0.2, -0.15) is 0 Å². The van der Waals surface area contributed by atoms with Crippen LogP contribution in [-0.4, -0.2) is 43.6 Å². The molecule has 1 heterocycles.